The molecule has 136 valence electrons. The van der Waals surface area contributed by atoms with Gasteiger partial charge in [-0.25, -0.2) is 0 Å². The fourth-order valence-corrected chi connectivity index (χ4v) is 2.82. The van der Waals surface area contributed by atoms with E-state index in [1.54, 1.807) is 36.4 Å². The number of benzene rings is 3. The van der Waals surface area contributed by atoms with Crippen LogP contribution < -0.4 is 16.4 Å². The Kier molecular flexibility index (Phi) is 5.22. The van der Waals surface area contributed by atoms with Gasteiger partial charge < -0.3 is 16.4 Å². The van der Waals surface area contributed by atoms with Crippen LogP contribution in [0.2, 0.25) is 0 Å². The van der Waals surface area contributed by atoms with Crippen LogP contribution in [0.15, 0.2) is 66.7 Å². The lowest BCUT2D eigenvalue weighted by molar-refractivity contribution is 0.0997. The molecule has 0 fully saturated rings. The number of amides is 2. The Morgan fingerprint density at radius 1 is 0.778 bits per heavy atom. The molecule has 3 aromatic rings. The van der Waals surface area contributed by atoms with Gasteiger partial charge in [-0.1, -0.05) is 24.3 Å². The number of nitrogens with one attached hydrogen (secondary N) is 2. The summed E-state index contributed by atoms with van der Waals surface area (Å²) in [6, 6.07) is 20.0. The van der Waals surface area contributed by atoms with Crippen molar-refractivity contribution in [1.29, 1.82) is 0 Å². The van der Waals surface area contributed by atoms with E-state index < -0.39 is 5.91 Å². The first-order valence-electron chi connectivity index (χ1n) is 8.58. The lowest BCUT2D eigenvalue weighted by atomic mass is 10.1. The molecule has 0 radical (unpaired) electrons. The Balaban J connectivity index is 1.76. The van der Waals surface area contributed by atoms with Gasteiger partial charge in [0.15, 0.2) is 0 Å². The average molecular weight is 359 g/mol. The van der Waals surface area contributed by atoms with Crippen LogP contribution in [0.3, 0.4) is 0 Å². The van der Waals surface area contributed by atoms with Crippen molar-refractivity contribution in [3.05, 3.63) is 89.0 Å². The fraction of sp³-hybridized carbons (Fsp3) is 0.0909. The van der Waals surface area contributed by atoms with Crippen LogP contribution in [0.1, 0.15) is 31.8 Å². The second kappa shape index (κ2) is 7.74. The molecule has 2 amide bonds. The number of para-hydroxylation sites is 1. The number of carbonyl (C=O) groups excluding carboxylic acids is 2. The van der Waals surface area contributed by atoms with E-state index in [2.05, 4.69) is 10.6 Å². The summed E-state index contributed by atoms with van der Waals surface area (Å²) in [4.78, 5) is 23.8. The SMILES string of the molecule is Cc1cccc(C)c1NC(=O)c1cccc(Nc2ccc(C(N)=O)cc2)c1. The molecule has 0 spiro atoms. The number of anilines is 3. The minimum Gasteiger partial charge on any atom is -0.366 e. The van der Waals surface area contributed by atoms with Crippen molar-refractivity contribution in [1.82, 2.24) is 0 Å². The van der Waals surface area contributed by atoms with Gasteiger partial charge in [0.05, 0.1) is 0 Å². The molecular formula is C22H21N3O2. The van der Waals surface area contributed by atoms with E-state index in [1.165, 1.54) is 0 Å². The molecule has 0 bridgehead atoms. The maximum Gasteiger partial charge on any atom is 0.255 e. The topological polar surface area (TPSA) is 84.2 Å². The van der Waals surface area contributed by atoms with E-state index in [1.807, 2.05) is 44.2 Å². The molecule has 0 unspecified atom stereocenters. The zero-order valence-corrected chi connectivity index (χ0v) is 15.2. The van der Waals surface area contributed by atoms with Gasteiger partial charge in [-0.3, -0.25) is 9.59 Å². The average Bonchev–Trinajstić information content (AvgIpc) is 2.65. The van der Waals surface area contributed by atoms with Crippen LogP contribution in [0.5, 0.6) is 0 Å². The number of primary amides is 1. The van der Waals surface area contributed by atoms with Crippen molar-refractivity contribution in [2.45, 2.75) is 13.8 Å². The number of nitrogens with two attached hydrogens (primary N) is 1. The van der Waals surface area contributed by atoms with E-state index in [0.717, 1.165) is 28.2 Å². The summed E-state index contributed by atoms with van der Waals surface area (Å²) in [7, 11) is 0. The summed E-state index contributed by atoms with van der Waals surface area (Å²) in [5, 5.41) is 6.21. The summed E-state index contributed by atoms with van der Waals surface area (Å²) in [5.74, 6) is -0.633. The Morgan fingerprint density at radius 2 is 1.41 bits per heavy atom. The number of rotatable bonds is 5. The highest BCUT2D eigenvalue weighted by molar-refractivity contribution is 6.05. The molecule has 5 nitrogen and oxygen atoms in total. The molecule has 3 aromatic carbocycles. The minimum absolute atomic E-state index is 0.167. The largest absolute Gasteiger partial charge is 0.366 e. The fourth-order valence-electron chi connectivity index (χ4n) is 2.82. The normalized spacial score (nSPS) is 10.3. The molecule has 0 saturated carbocycles. The smallest absolute Gasteiger partial charge is 0.255 e. The quantitative estimate of drug-likeness (QED) is 0.631. The van der Waals surface area contributed by atoms with Crippen LogP contribution >= 0.6 is 0 Å². The highest BCUT2D eigenvalue weighted by Gasteiger charge is 2.10. The van der Waals surface area contributed by atoms with Gasteiger partial charge in [0.1, 0.15) is 0 Å². The maximum atomic E-state index is 12.7. The maximum absolute atomic E-state index is 12.7. The van der Waals surface area contributed by atoms with Crippen molar-refractivity contribution in [2.24, 2.45) is 5.73 Å². The van der Waals surface area contributed by atoms with Crippen molar-refractivity contribution in [3.8, 4) is 0 Å². The first-order chi connectivity index (χ1) is 12.9. The third kappa shape index (κ3) is 4.33. The van der Waals surface area contributed by atoms with E-state index in [0.29, 0.717) is 11.1 Å². The van der Waals surface area contributed by atoms with Crippen LogP contribution in [-0.4, -0.2) is 11.8 Å². The highest BCUT2D eigenvalue weighted by atomic mass is 16.2. The Hall–Kier alpha value is -3.60. The number of carbonyl (C=O) groups is 2. The Labute approximate surface area is 158 Å². The van der Waals surface area contributed by atoms with E-state index in [-0.39, 0.29) is 5.91 Å². The first kappa shape index (κ1) is 18.2. The molecule has 27 heavy (non-hydrogen) atoms. The lowest BCUT2D eigenvalue weighted by Gasteiger charge is -2.12. The standard InChI is InChI=1S/C22H21N3O2/c1-14-5-3-6-15(2)20(14)25-22(27)17-7-4-8-19(13-17)24-18-11-9-16(10-12-18)21(23)26/h3-13,24H,1-2H3,(H2,23,26)(H,25,27). The third-order valence-corrected chi connectivity index (χ3v) is 4.30. The predicted molar refractivity (Wildman–Crippen MR) is 109 cm³/mol. The van der Waals surface area contributed by atoms with Crippen molar-refractivity contribution in [3.63, 3.8) is 0 Å². The van der Waals surface area contributed by atoms with Crippen molar-refractivity contribution >= 4 is 28.9 Å². The van der Waals surface area contributed by atoms with Crippen LogP contribution in [0.4, 0.5) is 17.1 Å². The zero-order chi connectivity index (χ0) is 19.4. The highest BCUT2D eigenvalue weighted by Crippen LogP contribution is 2.22. The summed E-state index contributed by atoms with van der Waals surface area (Å²) in [5.41, 5.74) is 10.7. The molecule has 0 heterocycles. The Morgan fingerprint density at radius 3 is 2.04 bits per heavy atom. The van der Waals surface area contributed by atoms with Gasteiger partial charge in [-0.05, 0) is 67.4 Å². The van der Waals surface area contributed by atoms with Gasteiger partial charge >= 0.3 is 0 Å². The number of hydrogen-bond acceptors (Lipinski definition) is 3. The van der Waals surface area contributed by atoms with Gasteiger partial charge in [-0.15, -0.1) is 0 Å². The van der Waals surface area contributed by atoms with E-state index >= 15 is 0 Å². The molecule has 0 aliphatic heterocycles. The summed E-state index contributed by atoms with van der Waals surface area (Å²) < 4.78 is 0. The first-order valence-corrected chi connectivity index (χ1v) is 8.58. The van der Waals surface area contributed by atoms with Gasteiger partial charge in [-0.2, -0.15) is 0 Å². The molecule has 4 N–H and O–H groups in total. The summed E-state index contributed by atoms with van der Waals surface area (Å²) in [6.07, 6.45) is 0. The molecule has 5 heteroatoms. The molecule has 3 rings (SSSR count). The summed E-state index contributed by atoms with van der Waals surface area (Å²) in [6.45, 7) is 3.94. The monoisotopic (exact) mass is 359 g/mol. The molecule has 0 aromatic heterocycles. The molecule has 0 saturated heterocycles. The van der Waals surface area contributed by atoms with Crippen LogP contribution in [-0.2, 0) is 0 Å². The second-order valence-corrected chi connectivity index (χ2v) is 6.37. The zero-order valence-electron chi connectivity index (χ0n) is 15.2. The van der Waals surface area contributed by atoms with Crippen LogP contribution in [0, 0.1) is 13.8 Å². The second-order valence-electron chi connectivity index (χ2n) is 6.37. The van der Waals surface area contributed by atoms with E-state index in [9.17, 15) is 9.59 Å². The van der Waals surface area contributed by atoms with E-state index in [4.69, 9.17) is 5.73 Å². The molecule has 0 aliphatic rings. The Bertz CT molecular complexity index is 974. The van der Waals surface area contributed by atoms with Crippen molar-refractivity contribution in [2.75, 3.05) is 10.6 Å². The lowest BCUT2D eigenvalue weighted by Crippen LogP contribution is -2.14. The molecular weight excluding hydrogens is 338 g/mol. The number of hydrogen-bond donors (Lipinski definition) is 3. The number of aryl methyl sites for hydroxylation is 2. The van der Waals surface area contributed by atoms with Gasteiger partial charge in [0.25, 0.3) is 5.91 Å². The van der Waals surface area contributed by atoms with Gasteiger partial charge in [0.2, 0.25) is 5.91 Å². The third-order valence-electron chi connectivity index (χ3n) is 4.30. The molecule has 0 aliphatic carbocycles. The summed E-state index contributed by atoms with van der Waals surface area (Å²) >= 11 is 0. The van der Waals surface area contributed by atoms with Gasteiger partial charge in [0, 0.05) is 28.2 Å². The minimum atomic E-state index is -0.466. The predicted octanol–water partition coefficient (Wildman–Crippen LogP) is 4.40. The van der Waals surface area contributed by atoms with Crippen LogP contribution in [0.25, 0.3) is 0 Å². The molecule has 0 atom stereocenters. The van der Waals surface area contributed by atoms with Crippen molar-refractivity contribution < 1.29 is 9.59 Å².